The van der Waals surface area contributed by atoms with Crippen molar-refractivity contribution in [2.24, 2.45) is 0 Å². The molecule has 0 aliphatic rings. The third-order valence-corrected chi connectivity index (χ3v) is 3.05. The summed E-state index contributed by atoms with van der Waals surface area (Å²) < 4.78 is 0. The normalized spacial score (nSPS) is 10.7. The van der Waals surface area contributed by atoms with Gasteiger partial charge in [0, 0.05) is 11.6 Å². The van der Waals surface area contributed by atoms with Crippen LogP contribution in [0.1, 0.15) is 30.9 Å². The molecule has 2 aromatic heterocycles. The predicted octanol–water partition coefficient (Wildman–Crippen LogP) is 3.29. The minimum Gasteiger partial charge on any atom is -0.244 e. The van der Waals surface area contributed by atoms with Crippen LogP contribution >= 0.6 is 11.3 Å². The standard InChI is InChI=1S/C11H10N2S/c1-7(2)10-8(5-12)6-13-11-9(10)3-4-14-11/h3-4,6-7H,1-2H3. The van der Waals surface area contributed by atoms with Gasteiger partial charge in [0.2, 0.25) is 0 Å². The van der Waals surface area contributed by atoms with Crippen LogP contribution in [-0.4, -0.2) is 4.98 Å². The van der Waals surface area contributed by atoms with E-state index in [9.17, 15) is 0 Å². The van der Waals surface area contributed by atoms with Crippen LogP contribution in [0.4, 0.5) is 0 Å². The Morgan fingerprint density at radius 2 is 2.29 bits per heavy atom. The van der Waals surface area contributed by atoms with Crippen LogP contribution in [0.15, 0.2) is 17.6 Å². The molecule has 0 radical (unpaired) electrons. The fourth-order valence-electron chi connectivity index (χ4n) is 1.66. The Kier molecular flexibility index (Phi) is 2.22. The first kappa shape index (κ1) is 9.17. The molecule has 0 aliphatic carbocycles. The van der Waals surface area contributed by atoms with Crippen LogP contribution in [0.25, 0.3) is 10.2 Å². The van der Waals surface area contributed by atoms with Gasteiger partial charge in [-0.25, -0.2) is 4.98 Å². The summed E-state index contributed by atoms with van der Waals surface area (Å²) in [4.78, 5) is 5.27. The Balaban J connectivity index is 2.84. The molecule has 0 unspecified atom stereocenters. The number of nitrogens with zero attached hydrogens (tertiary/aromatic N) is 2. The molecule has 2 nitrogen and oxygen atoms in total. The molecule has 0 saturated heterocycles. The number of aromatic nitrogens is 1. The van der Waals surface area contributed by atoms with E-state index in [0.717, 1.165) is 15.8 Å². The van der Waals surface area contributed by atoms with Crippen LogP contribution in [0.3, 0.4) is 0 Å². The van der Waals surface area contributed by atoms with Crippen molar-refractivity contribution in [1.29, 1.82) is 5.26 Å². The summed E-state index contributed by atoms with van der Waals surface area (Å²) in [5.41, 5.74) is 1.82. The van der Waals surface area contributed by atoms with Gasteiger partial charge in [-0.2, -0.15) is 5.26 Å². The predicted molar refractivity (Wildman–Crippen MR) is 58.4 cm³/mol. The van der Waals surface area contributed by atoms with E-state index in [2.05, 4.69) is 24.9 Å². The molecule has 2 rings (SSSR count). The second-order valence-electron chi connectivity index (χ2n) is 3.49. The van der Waals surface area contributed by atoms with Gasteiger partial charge in [0.1, 0.15) is 10.9 Å². The van der Waals surface area contributed by atoms with Crippen LogP contribution in [0, 0.1) is 11.3 Å². The van der Waals surface area contributed by atoms with Crippen molar-refractivity contribution in [2.45, 2.75) is 19.8 Å². The number of hydrogen-bond acceptors (Lipinski definition) is 3. The fraction of sp³-hybridized carbons (Fsp3) is 0.273. The van der Waals surface area contributed by atoms with E-state index in [1.165, 1.54) is 0 Å². The minimum absolute atomic E-state index is 0.366. The van der Waals surface area contributed by atoms with Gasteiger partial charge in [-0.3, -0.25) is 0 Å². The summed E-state index contributed by atoms with van der Waals surface area (Å²) >= 11 is 1.62. The maximum absolute atomic E-state index is 8.98. The van der Waals surface area contributed by atoms with Crippen molar-refractivity contribution in [2.75, 3.05) is 0 Å². The average molecular weight is 202 g/mol. The zero-order valence-electron chi connectivity index (χ0n) is 8.11. The van der Waals surface area contributed by atoms with E-state index in [-0.39, 0.29) is 0 Å². The lowest BCUT2D eigenvalue weighted by molar-refractivity contribution is 0.870. The molecule has 70 valence electrons. The summed E-state index contributed by atoms with van der Waals surface area (Å²) in [7, 11) is 0. The van der Waals surface area contributed by atoms with Crippen LogP contribution in [0.2, 0.25) is 0 Å². The van der Waals surface area contributed by atoms with Gasteiger partial charge < -0.3 is 0 Å². The van der Waals surface area contributed by atoms with Crippen LogP contribution in [-0.2, 0) is 0 Å². The number of rotatable bonds is 1. The number of fused-ring (bicyclic) bond motifs is 1. The van der Waals surface area contributed by atoms with E-state index in [1.807, 2.05) is 11.4 Å². The van der Waals surface area contributed by atoms with Gasteiger partial charge in [-0.05, 0) is 22.9 Å². The van der Waals surface area contributed by atoms with Gasteiger partial charge in [-0.1, -0.05) is 13.8 Å². The summed E-state index contributed by atoms with van der Waals surface area (Å²) in [6, 6.07) is 4.25. The van der Waals surface area contributed by atoms with Crippen molar-refractivity contribution < 1.29 is 0 Å². The summed E-state index contributed by atoms with van der Waals surface area (Å²) in [6.45, 7) is 4.21. The highest BCUT2D eigenvalue weighted by molar-refractivity contribution is 7.16. The van der Waals surface area contributed by atoms with E-state index in [1.54, 1.807) is 17.5 Å². The SMILES string of the molecule is CC(C)c1c(C#N)cnc2sccc12. The number of hydrogen-bond donors (Lipinski definition) is 0. The van der Waals surface area contributed by atoms with Crippen molar-refractivity contribution in [1.82, 2.24) is 4.98 Å². The third kappa shape index (κ3) is 1.28. The molecule has 0 fully saturated rings. The number of thiophene rings is 1. The van der Waals surface area contributed by atoms with Crippen molar-refractivity contribution in [3.63, 3.8) is 0 Å². The first-order chi connectivity index (χ1) is 6.74. The van der Waals surface area contributed by atoms with Crippen LogP contribution in [0.5, 0.6) is 0 Å². The number of nitriles is 1. The Morgan fingerprint density at radius 3 is 2.93 bits per heavy atom. The average Bonchev–Trinajstić information content (AvgIpc) is 2.62. The molecule has 0 saturated carbocycles. The Hall–Kier alpha value is -1.40. The Labute approximate surface area is 86.8 Å². The first-order valence-corrected chi connectivity index (χ1v) is 5.38. The van der Waals surface area contributed by atoms with Gasteiger partial charge in [0.05, 0.1) is 5.56 Å². The molecule has 14 heavy (non-hydrogen) atoms. The highest BCUT2D eigenvalue weighted by Crippen LogP contribution is 2.29. The molecule has 0 aliphatic heterocycles. The monoisotopic (exact) mass is 202 g/mol. The second-order valence-corrected chi connectivity index (χ2v) is 4.39. The summed E-state index contributed by atoms with van der Waals surface area (Å²) in [5, 5.41) is 12.1. The quantitative estimate of drug-likeness (QED) is 0.711. The van der Waals surface area contributed by atoms with Crippen LogP contribution < -0.4 is 0 Å². The maximum atomic E-state index is 8.98. The third-order valence-electron chi connectivity index (χ3n) is 2.23. The van der Waals surface area contributed by atoms with Gasteiger partial charge in [0.15, 0.2) is 0 Å². The molecule has 0 aromatic carbocycles. The highest BCUT2D eigenvalue weighted by atomic mass is 32.1. The molecule has 0 amide bonds. The topological polar surface area (TPSA) is 36.7 Å². The van der Waals surface area contributed by atoms with E-state index in [0.29, 0.717) is 11.5 Å². The van der Waals surface area contributed by atoms with E-state index >= 15 is 0 Å². The molecule has 2 heterocycles. The fourth-order valence-corrected chi connectivity index (χ4v) is 2.41. The molecule has 0 N–H and O–H groups in total. The molecule has 3 heteroatoms. The largest absolute Gasteiger partial charge is 0.244 e. The molecular formula is C11H10N2S. The van der Waals surface area contributed by atoms with E-state index in [4.69, 9.17) is 5.26 Å². The summed E-state index contributed by atoms with van der Waals surface area (Å²) in [6.07, 6.45) is 1.67. The van der Waals surface area contributed by atoms with E-state index < -0.39 is 0 Å². The van der Waals surface area contributed by atoms with Gasteiger partial charge >= 0.3 is 0 Å². The highest BCUT2D eigenvalue weighted by Gasteiger charge is 2.12. The Bertz CT molecular complexity index is 505. The zero-order chi connectivity index (χ0) is 10.1. The summed E-state index contributed by atoms with van der Waals surface area (Å²) in [5.74, 6) is 0.366. The van der Waals surface area contributed by atoms with Gasteiger partial charge in [-0.15, -0.1) is 11.3 Å². The lowest BCUT2D eigenvalue weighted by atomic mass is 9.97. The Morgan fingerprint density at radius 1 is 1.50 bits per heavy atom. The molecular weight excluding hydrogens is 192 g/mol. The lowest BCUT2D eigenvalue weighted by Crippen LogP contribution is -1.94. The second kappa shape index (κ2) is 3.39. The lowest BCUT2D eigenvalue weighted by Gasteiger charge is -2.08. The van der Waals surface area contributed by atoms with Gasteiger partial charge in [0.25, 0.3) is 0 Å². The zero-order valence-corrected chi connectivity index (χ0v) is 8.93. The molecule has 2 aromatic rings. The molecule has 0 atom stereocenters. The van der Waals surface area contributed by atoms with Crippen molar-refractivity contribution >= 4 is 21.6 Å². The van der Waals surface area contributed by atoms with Crippen molar-refractivity contribution in [3.8, 4) is 6.07 Å². The first-order valence-electron chi connectivity index (χ1n) is 4.50. The smallest absolute Gasteiger partial charge is 0.123 e. The molecule has 0 bridgehead atoms. The number of pyridine rings is 1. The molecule has 0 spiro atoms. The minimum atomic E-state index is 0.366. The maximum Gasteiger partial charge on any atom is 0.123 e. The van der Waals surface area contributed by atoms with Crippen molar-refractivity contribution in [3.05, 3.63) is 28.8 Å².